The van der Waals surface area contributed by atoms with Crippen LogP contribution in [0.4, 0.5) is 0 Å². The van der Waals surface area contributed by atoms with Gasteiger partial charge in [-0.05, 0) is 87.8 Å². The molecule has 1 unspecified atom stereocenters. The zero-order valence-electron chi connectivity index (χ0n) is 23.2. The molecule has 1 heterocycles. The molecule has 0 aliphatic heterocycles. The Kier molecular flexibility index (Phi) is 14.1. The van der Waals surface area contributed by atoms with Crippen LogP contribution in [0.25, 0.3) is 0 Å². The van der Waals surface area contributed by atoms with Crippen LogP contribution in [-0.2, 0) is 7.05 Å². The number of hydrogen-bond donors (Lipinski definition) is 1. The van der Waals surface area contributed by atoms with Gasteiger partial charge in [-0.25, -0.2) is 0 Å². The van der Waals surface area contributed by atoms with E-state index in [1.807, 2.05) is 64.1 Å². The molecular formula is C33H46N2. The van der Waals surface area contributed by atoms with Crippen LogP contribution in [0.15, 0.2) is 90.7 Å². The van der Waals surface area contributed by atoms with Crippen molar-refractivity contribution >= 4 is 5.71 Å². The van der Waals surface area contributed by atoms with Crippen molar-refractivity contribution in [2.45, 2.75) is 73.6 Å². The molecule has 35 heavy (non-hydrogen) atoms. The summed E-state index contributed by atoms with van der Waals surface area (Å²) in [6.07, 6.45) is 12.6. The minimum absolute atomic E-state index is 0.609. The van der Waals surface area contributed by atoms with E-state index in [4.69, 9.17) is 5.41 Å². The van der Waals surface area contributed by atoms with Crippen LogP contribution in [0.2, 0.25) is 0 Å². The van der Waals surface area contributed by atoms with E-state index in [1.54, 1.807) is 0 Å². The number of benzene rings is 2. The third-order valence-corrected chi connectivity index (χ3v) is 6.18. The Balaban J connectivity index is 0.000000260. The first-order chi connectivity index (χ1) is 16.8. The van der Waals surface area contributed by atoms with E-state index in [2.05, 4.69) is 81.1 Å². The van der Waals surface area contributed by atoms with Crippen LogP contribution in [-0.4, -0.2) is 10.3 Å². The summed E-state index contributed by atoms with van der Waals surface area (Å²) in [7, 11) is 2.15. The Morgan fingerprint density at radius 3 is 1.91 bits per heavy atom. The van der Waals surface area contributed by atoms with Crippen molar-refractivity contribution in [1.29, 1.82) is 5.41 Å². The number of nitrogens with zero attached hydrogens (tertiary/aromatic N) is 1. The van der Waals surface area contributed by atoms with Crippen molar-refractivity contribution in [3.05, 3.63) is 119 Å². The molecule has 1 aliphatic rings. The first kappa shape index (κ1) is 29.9. The average molecular weight is 471 g/mol. The minimum atomic E-state index is 0.609. The van der Waals surface area contributed by atoms with Crippen molar-refractivity contribution in [1.82, 2.24) is 4.57 Å². The molecule has 1 N–H and O–H groups in total. The van der Waals surface area contributed by atoms with Gasteiger partial charge in [0, 0.05) is 24.9 Å². The molecule has 188 valence electrons. The lowest BCUT2D eigenvalue weighted by molar-refractivity contribution is 0.579. The fraction of sp³-hybridized carbons (Fsp3) is 0.364. The van der Waals surface area contributed by atoms with E-state index in [1.165, 1.54) is 41.6 Å². The maximum atomic E-state index is 7.77. The van der Waals surface area contributed by atoms with E-state index in [9.17, 15) is 0 Å². The fourth-order valence-corrected chi connectivity index (χ4v) is 3.86. The van der Waals surface area contributed by atoms with Crippen LogP contribution < -0.4 is 0 Å². The van der Waals surface area contributed by atoms with E-state index >= 15 is 0 Å². The maximum absolute atomic E-state index is 7.77. The lowest BCUT2D eigenvalue weighted by Crippen LogP contribution is -2.05. The Bertz CT molecular complexity index is 1050. The Labute approximate surface area is 214 Å². The number of hydrogen-bond acceptors (Lipinski definition) is 1. The molecular weight excluding hydrogens is 424 g/mol. The summed E-state index contributed by atoms with van der Waals surface area (Å²) >= 11 is 0. The molecule has 4 rings (SSSR count). The quantitative estimate of drug-likeness (QED) is 0.292. The second kappa shape index (κ2) is 16.5. The predicted octanol–water partition coefficient (Wildman–Crippen LogP) is 9.51. The highest BCUT2D eigenvalue weighted by molar-refractivity contribution is 6.10. The van der Waals surface area contributed by atoms with Crippen molar-refractivity contribution in [3.63, 3.8) is 0 Å². The highest BCUT2D eigenvalue weighted by Crippen LogP contribution is 2.29. The standard InChI is InChI=1S/C12H17N.C11H13N.C8H10.C2H6/c1-10-8-12(13(2)9-10)11-6-4-3-5-7-11;1-3-9(2)11(12)10-7-5-4-6-8-10;1-7-5-3-4-6-8(7)2;1-2/h3-4,8-9,11H,5-7H2,1-2H3;3-8,12H,1-2H3;3-6H,1-2H3;1-2H3/b;9-3-,12-11?;;. The highest BCUT2D eigenvalue weighted by Gasteiger charge is 2.15. The van der Waals surface area contributed by atoms with E-state index in [0.29, 0.717) is 5.71 Å². The monoisotopic (exact) mass is 470 g/mol. The Morgan fingerprint density at radius 1 is 0.914 bits per heavy atom. The normalized spacial score (nSPS) is 14.4. The highest BCUT2D eigenvalue weighted by atomic mass is 14.9. The zero-order chi connectivity index (χ0) is 26.2. The van der Waals surface area contributed by atoms with Crippen LogP contribution in [0.1, 0.15) is 80.8 Å². The van der Waals surface area contributed by atoms with Crippen molar-refractivity contribution in [2.75, 3.05) is 0 Å². The van der Waals surface area contributed by atoms with Crippen molar-refractivity contribution in [2.24, 2.45) is 7.05 Å². The van der Waals surface area contributed by atoms with Gasteiger partial charge < -0.3 is 9.98 Å². The van der Waals surface area contributed by atoms with Crippen molar-refractivity contribution in [3.8, 4) is 0 Å². The summed E-state index contributed by atoms with van der Waals surface area (Å²) in [4.78, 5) is 0. The van der Waals surface area contributed by atoms with Gasteiger partial charge in [0.15, 0.2) is 0 Å². The number of nitrogens with one attached hydrogen (secondary N) is 1. The lowest BCUT2D eigenvalue weighted by atomic mass is 9.91. The molecule has 2 nitrogen and oxygen atoms in total. The van der Waals surface area contributed by atoms with Gasteiger partial charge in [-0.1, -0.05) is 86.7 Å². The number of aromatic nitrogens is 1. The van der Waals surface area contributed by atoms with Crippen LogP contribution in [0.5, 0.6) is 0 Å². The van der Waals surface area contributed by atoms with Gasteiger partial charge in [0.2, 0.25) is 0 Å². The zero-order valence-corrected chi connectivity index (χ0v) is 23.2. The third-order valence-electron chi connectivity index (χ3n) is 6.18. The maximum Gasteiger partial charge on any atom is 0.0638 e. The Morgan fingerprint density at radius 2 is 1.49 bits per heavy atom. The van der Waals surface area contributed by atoms with Gasteiger partial charge in [0.1, 0.15) is 0 Å². The lowest BCUT2D eigenvalue weighted by Gasteiger charge is -2.18. The molecule has 0 bridgehead atoms. The summed E-state index contributed by atoms with van der Waals surface area (Å²) < 4.78 is 2.28. The molecule has 0 spiro atoms. The SMILES string of the molecule is C/C=C(/C)C(=N)c1ccccc1.CC.Cc1cc(C2CC=CCC2)n(C)c1.Cc1ccccc1C. The molecule has 1 aromatic heterocycles. The first-order valence-corrected chi connectivity index (χ1v) is 12.9. The summed E-state index contributed by atoms with van der Waals surface area (Å²) in [5.41, 5.74) is 8.22. The first-order valence-electron chi connectivity index (χ1n) is 12.9. The van der Waals surface area contributed by atoms with E-state index < -0.39 is 0 Å². The summed E-state index contributed by atoms with van der Waals surface area (Å²) in [5.74, 6) is 0.753. The van der Waals surface area contributed by atoms with Crippen LogP contribution in [0.3, 0.4) is 0 Å². The molecule has 3 aromatic rings. The number of rotatable bonds is 3. The molecule has 0 amide bonds. The largest absolute Gasteiger partial charge is 0.354 e. The second-order valence-electron chi connectivity index (χ2n) is 8.83. The van der Waals surface area contributed by atoms with Gasteiger partial charge in [-0.15, -0.1) is 0 Å². The average Bonchev–Trinajstić information content (AvgIpc) is 3.25. The molecule has 0 fully saturated rings. The van der Waals surface area contributed by atoms with Gasteiger partial charge >= 0.3 is 0 Å². The molecule has 2 heteroatoms. The summed E-state index contributed by atoms with van der Waals surface area (Å²) in [6.45, 7) is 14.3. The van der Waals surface area contributed by atoms with Gasteiger partial charge in [-0.2, -0.15) is 0 Å². The fourth-order valence-electron chi connectivity index (χ4n) is 3.86. The molecule has 0 saturated carbocycles. The molecule has 2 aromatic carbocycles. The molecule has 0 saturated heterocycles. The smallest absolute Gasteiger partial charge is 0.0638 e. The Hall–Kier alpha value is -3.13. The van der Waals surface area contributed by atoms with Crippen LogP contribution in [0, 0.1) is 26.2 Å². The second-order valence-corrected chi connectivity index (χ2v) is 8.83. The molecule has 0 radical (unpaired) electrons. The van der Waals surface area contributed by atoms with Gasteiger partial charge in [0.25, 0.3) is 0 Å². The third kappa shape index (κ3) is 10.3. The summed E-state index contributed by atoms with van der Waals surface area (Å²) in [5, 5.41) is 7.77. The van der Waals surface area contributed by atoms with Crippen molar-refractivity contribution < 1.29 is 0 Å². The topological polar surface area (TPSA) is 28.8 Å². The molecule has 1 aliphatic carbocycles. The van der Waals surface area contributed by atoms with Gasteiger partial charge in [0.05, 0.1) is 5.71 Å². The summed E-state index contributed by atoms with van der Waals surface area (Å²) in [6, 6.07) is 20.4. The number of allylic oxidation sites excluding steroid dienone is 4. The van der Waals surface area contributed by atoms with E-state index in [-0.39, 0.29) is 0 Å². The predicted molar refractivity (Wildman–Crippen MR) is 156 cm³/mol. The number of aryl methyl sites for hydroxylation is 4. The molecule has 1 atom stereocenters. The van der Waals surface area contributed by atoms with Gasteiger partial charge in [-0.3, -0.25) is 0 Å². The minimum Gasteiger partial charge on any atom is -0.354 e. The van der Waals surface area contributed by atoms with Crippen LogP contribution >= 0.6 is 0 Å². The van der Waals surface area contributed by atoms with E-state index in [0.717, 1.165) is 17.1 Å².